The Labute approximate surface area is 213 Å². The second-order valence-corrected chi connectivity index (χ2v) is 9.71. The molecule has 0 radical (unpaired) electrons. The van der Waals surface area contributed by atoms with Crippen molar-refractivity contribution in [3.63, 3.8) is 0 Å². The summed E-state index contributed by atoms with van der Waals surface area (Å²) in [6.45, 7) is 2.49. The Morgan fingerprint density at radius 1 is 1.06 bits per heavy atom. The van der Waals surface area contributed by atoms with Gasteiger partial charge in [-0.2, -0.15) is 0 Å². The van der Waals surface area contributed by atoms with E-state index >= 15 is 0 Å². The number of carbonyl (C=O) groups is 1. The molecule has 34 heavy (non-hydrogen) atoms. The lowest BCUT2D eigenvalue weighted by molar-refractivity contribution is -0.113. The van der Waals surface area contributed by atoms with Crippen LogP contribution < -0.4 is 14.4 Å². The van der Waals surface area contributed by atoms with E-state index in [0.717, 1.165) is 17.3 Å². The number of thioether (sulfide) groups is 1. The van der Waals surface area contributed by atoms with E-state index in [-0.39, 0.29) is 18.3 Å². The quantitative estimate of drug-likeness (QED) is 0.227. The van der Waals surface area contributed by atoms with E-state index in [4.69, 9.17) is 21.7 Å². The molecule has 0 atom stereocenters. The molecule has 3 aromatic carbocycles. The normalized spacial score (nSPS) is 14.7. The first-order valence-electron chi connectivity index (χ1n) is 10.2. The molecule has 0 N–H and O–H groups in total. The van der Waals surface area contributed by atoms with Gasteiger partial charge in [-0.05, 0) is 82.5 Å². The summed E-state index contributed by atoms with van der Waals surface area (Å²) < 4.78 is 39.5. The number of rotatable bonds is 7. The Morgan fingerprint density at radius 2 is 1.82 bits per heavy atom. The second-order valence-electron chi connectivity index (χ2n) is 7.18. The molecule has 1 fully saturated rings. The first-order chi connectivity index (χ1) is 16.4. The van der Waals surface area contributed by atoms with Gasteiger partial charge in [0, 0.05) is 0 Å². The number of thiocarbonyl (C=S) groups is 1. The van der Waals surface area contributed by atoms with Crippen molar-refractivity contribution < 1.29 is 23.0 Å². The SMILES string of the molecule is CCOc1cc(/C=C2/SC(=S)N(c3cccc(F)c3)C2=O)cc(Br)c1OCc1ccc(F)cc1. The van der Waals surface area contributed by atoms with Crippen LogP contribution in [-0.2, 0) is 11.4 Å². The van der Waals surface area contributed by atoms with Crippen molar-refractivity contribution in [1.29, 1.82) is 0 Å². The molecule has 0 saturated carbocycles. The average molecular weight is 562 g/mol. The van der Waals surface area contributed by atoms with Crippen LogP contribution in [-0.4, -0.2) is 16.8 Å². The molecular formula is C25H18BrF2NO3S2. The van der Waals surface area contributed by atoms with E-state index in [0.29, 0.717) is 43.1 Å². The zero-order valence-corrected chi connectivity index (χ0v) is 21.1. The van der Waals surface area contributed by atoms with Crippen LogP contribution in [0.15, 0.2) is 70.0 Å². The smallest absolute Gasteiger partial charge is 0.270 e. The van der Waals surface area contributed by atoms with E-state index in [1.165, 1.54) is 35.2 Å². The van der Waals surface area contributed by atoms with Gasteiger partial charge in [-0.3, -0.25) is 9.69 Å². The number of carbonyl (C=O) groups excluding carboxylic acids is 1. The molecule has 174 valence electrons. The van der Waals surface area contributed by atoms with Crippen LogP contribution in [0.4, 0.5) is 14.5 Å². The van der Waals surface area contributed by atoms with Crippen LogP contribution in [0.1, 0.15) is 18.1 Å². The number of ether oxygens (including phenoxy) is 2. The molecule has 0 unspecified atom stereocenters. The van der Waals surface area contributed by atoms with Gasteiger partial charge in [0.1, 0.15) is 18.2 Å². The molecule has 0 aromatic heterocycles. The zero-order chi connectivity index (χ0) is 24.2. The van der Waals surface area contributed by atoms with Crippen molar-refractivity contribution in [3.8, 4) is 11.5 Å². The molecule has 1 aliphatic heterocycles. The van der Waals surface area contributed by atoms with Crippen molar-refractivity contribution in [2.75, 3.05) is 11.5 Å². The van der Waals surface area contributed by atoms with Gasteiger partial charge >= 0.3 is 0 Å². The van der Waals surface area contributed by atoms with Crippen LogP contribution in [0, 0.1) is 11.6 Å². The number of benzene rings is 3. The van der Waals surface area contributed by atoms with Gasteiger partial charge in [0.2, 0.25) is 0 Å². The molecule has 0 aliphatic carbocycles. The molecule has 0 bridgehead atoms. The summed E-state index contributed by atoms with van der Waals surface area (Å²) in [7, 11) is 0. The van der Waals surface area contributed by atoms with Crippen LogP contribution >= 0.6 is 39.9 Å². The van der Waals surface area contributed by atoms with E-state index in [9.17, 15) is 13.6 Å². The highest BCUT2D eigenvalue weighted by Crippen LogP contribution is 2.40. The number of hydrogen-bond acceptors (Lipinski definition) is 5. The van der Waals surface area contributed by atoms with Crippen molar-refractivity contribution in [1.82, 2.24) is 0 Å². The maximum absolute atomic E-state index is 13.7. The Bertz CT molecular complexity index is 1280. The Morgan fingerprint density at radius 3 is 2.53 bits per heavy atom. The fourth-order valence-corrected chi connectivity index (χ4v) is 5.14. The first-order valence-corrected chi connectivity index (χ1v) is 12.2. The summed E-state index contributed by atoms with van der Waals surface area (Å²) in [6.07, 6.45) is 1.70. The minimum Gasteiger partial charge on any atom is -0.490 e. The number of anilines is 1. The van der Waals surface area contributed by atoms with Crippen LogP contribution in [0.3, 0.4) is 0 Å². The summed E-state index contributed by atoms with van der Waals surface area (Å²) in [6, 6.07) is 15.4. The molecule has 1 aliphatic rings. The van der Waals surface area contributed by atoms with Gasteiger partial charge in [-0.25, -0.2) is 8.78 Å². The molecule has 1 heterocycles. The largest absolute Gasteiger partial charge is 0.490 e. The van der Waals surface area contributed by atoms with Crippen LogP contribution in [0.5, 0.6) is 11.5 Å². The summed E-state index contributed by atoms with van der Waals surface area (Å²) in [5, 5.41) is 0. The van der Waals surface area contributed by atoms with E-state index in [1.54, 1.807) is 36.4 Å². The van der Waals surface area contributed by atoms with E-state index in [2.05, 4.69) is 15.9 Å². The second kappa shape index (κ2) is 10.7. The number of amides is 1. The topological polar surface area (TPSA) is 38.8 Å². The van der Waals surface area contributed by atoms with Gasteiger partial charge < -0.3 is 9.47 Å². The lowest BCUT2D eigenvalue weighted by atomic mass is 10.1. The van der Waals surface area contributed by atoms with Crippen LogP contribution in [0.25, 0.3) is 6.08 Å². The molecule has 0 spiro atoms. The zero-order valence-electron chi connectivity index (χ0n) is 17.9. The van der Waals surface area contributed by atoms with E-state index < -0.39 is 5.82 Å². The lowest BCUT2D eigenvalue weighted by Gasteiger charge is -2.15. The summed E-state index contributed by atoms with van der Waals surface area (Å²) in [5.41, 5.74) is 1.89. The molecular weight excluding hydrogens is 544 g/mol. The van der Waals surface area contributed by atoms with Gasteiger partial charge in [0.05, 0.1) is 21.7 Å². The third kappa shape index (κ3) is 5.48. The summed E-state index contributed by atoms with van der Waals surface area (Å²) >= 11 is 10.0. The standard InChI is InChI=1S/C25H18BrF2NO3S2/c1-2-31-21-11-16(10-20(26)23(21)32-14-15-6-8-17(27)9-7-15)12-22-24(30)29(25(33)34-22)19-5-3-4-18(28)13-19/h3-13H,2,14H2,1H3/b22-12+. The highest BCUT2D eigenvalue weighted by Gasteiger charge is 2.33. The predicted molar refractivity (Wildman–Crippen MR) is 138 cm³/mol. The fourth-order valence-electron chi connectivity index (χ4n) is 3.27. The minimum atomic E-state index is -0.447. The maximum Gasteiger partial charge on any atom is 0.270 e. The molecule has 3 aromatic rings. The maximum atomic E-state index is 13.7. The fraction of sp³-hybridized carbons (Fsp3) is 0.120. The predicted octanol–water partition coefficient (Wildman–Crippen LogP) is 7.11. The van der Waals surface area contributed by atoms with Crippen molar-refractivity contribution >= 4 is 61.9 Å². The first kappa shape index (κ1) is 24.4. The van der Waals surface area contributed by atoms with Gasteiger partial charge in [-0.1, -0.05) is 42.2 Å². The van der Waals surface area contributed by atoms with Crippen LogP contribution in [0.2, 0.25) is 0 Å². The third-order valence-corrected chi connectivity index (χ3v) is 6.68. The van der Waals surface area contributed by atoms with Crippen molar-refractivity contribution in [2.45, 2.75) is 13.5 Å². The summed E-state index contributed by atoms with van der Waals surface area (Å²) in [5.74, 6) is -0.100. The molecule has 4 rings (SSSR count). The Kier molecular flexibility index (Phi) is 7.65. The lowest BCUT2D eigenvalue weighted by Crippen LogP contribution is -2.27. The monoisotopic (exact) mass is 561 g/mol. The molecule has 4 nitrogen and oxygen atoms in total. The van der Waals surface area contributed by atoms with Crippen molar-refractivity contribution in [3.05, 3.63) is 92.8 Å². The minimum absolute atomic E-state index is 0.227. The highest BCUT2D eigenvalue weighted by molar-refractivity contribution is 9.10. The molecule has 1 saturated heterocycles. The third-order valence-electron chi connectivity index (χ3n) is 4.79. The average Bonchev–Trinajstić information content (AvgIpc) is 3.07. The Hall–Kier alpha value is -2.75. The van der Waals surface area contributed by atoms with E-state index in [1.807, 2.05) is 6.92 Å². The molecule has 1 amide bonds. The van der Waals surface area contributed by atoms with Crippen molar-refractivity contribution in [2.24, 2.45) is 0 Å². The Balaban J connectivity index is 1.60. The molecule has 9 heteroatoms. The van der Waals surface area contributed by atoms with Gasteiger partial charge in [0.25, 0.3) is 5.91 Å². The van der Waals surface area contributed by atoms with Gasteiger partial charge in [0.15, 0.2) is 15.8 Å². The number of halogens is 3. The number of hydrogen-bond donors (Lipinski definition) is 0. The highest BCUT2D eigenvalue weighted by atomic mass is 79.9. The summed E-state index contributed by atoms with van der Waals surface area (Å²) in [4.78, 5) is 14.7. The number of nitrogens with zero attached hydrogens (tertiary/aromatic N) is 1. The van der Waals surface area contributed by atoms with Gasteiger partial charge in [-0.15, -0.1) is 0 Å².